The van der Waals surface area contributed by atoms with Crippen molar-refractivity contribution in [3.63, 3.8) is 0 Å². The maximum absolute atomic E-state index is 13.1. The maximum Gasteiger partial charge on any atom is 0.387 e. The summed E-state index contributed by atoms with van der Waals surface area (Å²) in [6.45, 7) is -3.12. The second-order valence-electron chi connectivity index (χ2n) is 2.26. The number of halogens is 4. The molecule has 0 heterocycles. The van der Waals surface area contributed by atoms with Gasteiger partial charge in [-0.1, -0.05) is 15.9 Å². The van der Waals surface area contributed by atoms with Crippen molar-refractivity contribution in [3.05, 3.63) is 28.0 Å². The van der Waals surface area contributed by atoms with Crippen LogP contribution in [-0.4, -0.2) is 6.61 Å². The summed E-state index contributed by atoms with van der Waals surface area (Å²) in [6, 6.07) is 3.72. The molecular formula is C8H3BrF3NO. The standard InChI is InChI=1S/C8H3BrF3NO/c9-5-1-4(3-13)7(10)6(2-5)14-8(11)12/h1-2,8H. The van der Waals surface area contributed by atoms with E-state index >= 15 is 0 Å². The summed E-state index contributed by atoms with van der Waals surface area (Å²) < 4.78 is 40.8. The molecule has 0 aliphatic carbocycles. The third kappa shape index (κ3) is 2.39. The smallest absolute Gasteiger partial charge is 0.387 e. The Morgan fingerprint density at radius 2 is 2.07 bits per heavy atom. The van der Waals surface area contributed by atoms with Crippen molar-refractivity contribution in [3.8, 4) is 11.8 Å². The molecule has 14 heavy (non-hydrogen) atoms. The fourth-order valence-electron chi connectivity index (χ4n) is 0.827. The van der Waals surface area contributed by atoms with Crippen LogP contribution in [0, 0.1) is 17.1 Å². The van der Waals surface area contributed by atoms with E-state index in [-0.39, 0.29) is 5.56 Å². The first-order valence-electron chi connectivity index (χ1n) is 3.38. The summed E-state index contributed by atoms with van der Waals surface area (Å²) in [7, 11) is 0. The highest BCUT2D eigenvalue weighted by Gasteiger charge is 2.14. The molecule has 1 rings (SSSR count). The molecular weight excluding hydrogens is 263 g/mol. The minimum Gasteiger partial charge on any atom is -0.432 e. The first-order chi connectivity index (χ1) is 6.54. The van der Waals surface area contributed by atoms with Crippen LogP contribution in [0.15, 0.2) is 16.6 Å². The van der Waals surface area contributed by atoms with Crippen LogP contribution in [0.5, 0.6) is 5.75 Å². The second kappa shape index (κ2) is 4.33. The Morgan fingerprint density at radius 3 is 2.57 bits per heavy atom. The molecule has 0 unspecified atom stereocenters. The van der Waals surface area contributed by atoms with Gasteiger partial charge in [0.15, 0.2) is 11.6 Å². The fourth-order valence-corrected chi connectivity index (χ4v) is 1.26. The minimum atomic E-state index is -3.12. The summed E-state index contributed by atoms with van der Waals surface area (Å²) in [4.78, 5) is 0. The van der Waals surface area contributed by atoms with Crippen LogP contribution in [0.3, 0.4) is 0 Å². The molecule has 0 spiro atoms. The number of nitrogens with zero attached hydrogens (tertiary/aromatic N) is 1. The van der Waals surface area contributed by atoms with E-state index in [1.54, 1.807) is 0 Å². The lowest BCUT2D eigenvalue weighted by molar-refractivity contribution is -0.0522. The second-order valence-corrected chi connectivity index (χ2v) is 3.17. The van der Waals surface area contributed by atoms with Gasteiger partial charge in [0.25, 0.3) is 0 Å². The Kier molecular flexibility index (Phi) is 3.36. The third-order valence-corrected chi connectivity index (χ3v) is 1.80. The van der Waals surface area contributed by atoms with E-state index in [1.165, 1.54) is 12.1 Å². The first-order valence-corrected chi connectivity index (χ1v) is 4.18. The topological polar surface area (TPSA) is 33.0 Å². The molecule has 1 aromatic carbocycles. The quantitative estimate of drug-likeness (QED) is 0.824. The zero-order chi connectivity index (χ0) is 10.7. The van der Waals surface area contributed by atoms with Gasteiger partial charge in [-0.25, -0.2) is 4.39 Å². The van der Waals surface area contributed by atoms with Crippen molar-refractivity contribution in [2.24, 2.45) is 0 Å². The van der Waals surface area contributed by atoms with Crippen molar-refractivity contribution in [1.82, 2.24) is 0 Å². The molecule has 0 aliphatic heterocycles. The first kappa shape index (κ1) is 10.9. The minimum absolute atomic E-state index is 0.297. The average molecular weight is 266 g/mol. The van der Waals surface area contributed by atoms with Crippen LogP contribution in [-0.2, 0) is 0 Å². The summed E-state index contributed by atoms with van der Waals surface area (Å²) in [5.41, 5.74) is -0.352. The molecule has 0 radical (unpaired) electrons. The van der Waals surface area contributed by atoms with Crippen LogP contribution in [0.4, 0.5) is 13.2 Å². The maximum atomic E-state index is 13.1. The lowest BCUT2D eigenvalue weighted by atomic mass is 10.2. The van der Waals surface area contributed by atoms with Gasteiger partial charge in [0.05, 0.1) is 5.56 Å². The summed E-state index contributed by atoms with van der Waals surface area (Å²) >= 11 is 2.94. The molecule has 0 saturated heterocycles. The highest BCUT2D eigenvalue weighted by atomic mass is 79.9. The Morgan fingerprint density at radius 1 is 1.43 bits per heavy atom. The van der Waals surface area contributed by atoms with Gasteiger partial charge in [-0.05, 0) is 12.1 Å². The number of hydrogen-bond donors (Lipinski definition) is 0. The molecule has 0 N–H and O–H groups in total. The molecule has 0 atom stereocenters. The van der Waals surface area contributed by atoms with Crippen LogP contribution in [0.2, 0.25) is 0 Å². The van der Waals surface area contributed by atoms with Gasteiger partial charge < -0.3 is 4.74 Å². The summed E-state index contributed by atoms with van der Waals surface area (Å²) in [5, 5.41) is 8.45. The molecule has 74 valence electrons. The van der Waals surface area contributed by atoms with Gasteiger partial charge in [-0.2, -0.15) is 14.0 Å². The number of benzene rings is 1. The van der Waals surface area contributed by atoms with Crippen molar-refractivity contribution < 1.29 is 17.9 Å². The molecule has 0 aromatic heterocycles. The number of alkyl halides is 2. The molecule has 1 aromatic rings. The Hall–Kier alpha value is -1.22. The van der Waals surface area contributed by atoms with Crippen molar-refractivity contribution in [1.29, 1.82) is 5.26 Å². The Balaban J connectivity index is 3.17. The summed E-state index contributed by atoms with van der Waals surface area (Å²) in [6.07, 6.45) is 0. The number of hydrogen-bond acceptors (Lipinski definition) is 2. The predicted molar refractivity (Wildman–Crippen MR) is 45.4 cm³/mol. The zero-order valence-electron chi connectivity index (χ0n) is 6.60. The fraction of sp³-hybridized carbons (Fsp3) is 0.125. The molecule has 0 saturated carbocycles. The summed E-state index contributed by atoms with van der Waals surface area (Å²) in [5.74, 6) is -1.73. The highest BCUT2D eigenvalue weighted by Crippen LogP contribution is 2.27. The highest BCUT2D eigenvalue weighted by molar-refractivity contribution is 9.10. The monoisotopic (exact) mass is 265 g/mol. The molecule has 0 aliphatic rings. The predicted octanol–water partition coefficient (Wildman–Crippen LogP) is 3.06. The van der Waals surface area contributed by atoms with E-state index < -0.39 is 18.2 Å². The number of ether oxygens (including phenoxy) is 1. The average Bonchev–Trinajstić information content (AvgIpc) is 2.09. The molecule has 6 heteroatoms. The van der Waals surface area contributed by atoms with Crippen LogP contribution in [0.25, 0.3) is 0 Å². The van der Waals surface area contributed by atoms with Crippen molar-refractivity contribution >= 4 is 15.9 Å². The molecule has 0 amide bonds. The third-order valence-electron chi connectivity index (χ3n) is 1.34. The van der Waals surface area contributed by atoms with Crippen LogP contribution >= 0.6 is 15.9 Å². The van der Waals surface area contributed by atoms with Gasteiger partial charge in [0, 0.05) is 4.47 Å². The van der Waals surface area contributed by atoms with Crippen molar-refractivity contribution in [2.45, 2.75) is 6.61 Å². The van der Waals surface area contributed by atoms with E-state index in [9.17, 15) is 13.2 Å². The number of nitriles is 1. The van der Waals surface area contributed by atoms with Crippen LogP contribution < -0.4 is 4.74 Å². The Labute approximate surface area is 86.0 Å². The Bertz CT molecular complexity index is 389. The van der Waals surface area contributed by atoms with E-state index in [2.05, 4.69) is 20.7 Å². The largest absolute Gasteiger partial charge is 0.432 e. The van der Waals surface area contributed by atoms with E-state index in [0.717, 1.165) is 6.07 Å². The van der Waals surface area contributed by atoms with Gasteiger partial charge >= 0.3 is 6.61 Å². The van der Waals surface area contributed by atoms with Gasteiger partial charge in [0.2, 0.25) is 0 Å². The number of rotatable bonds is 2. The van der Waals surface area contributed by atoms with Gasteiger partial charge in [-0.3, -0.25) is 0 Å². The van der Waals surface area contributed by atoms with E-state index in [1.807, 2.05) is 0 Å². The van der Waals surface area contributed by atoms with Gasteiger partial charge in [0.1, 0.15) is 6.07 Å². The lowest BCUT2D eigenvalue weighted by Crippen LogP contribution is -2.04. The lowest BCUT2D eigenvalue weighted by Gasteiger charge is -2.06. The SMILES string of the molecule is N#Cc1cc(Br)cc(OC(F)F)c1F. The normalized spacial score (nSPS) is 10.0. The van der Waals surface area contributed by atoms with Gasteiger partial charge in [-0.15, -0.1) is 0 Å². The molecule has 0 fully saturated rings. The van der Waals surface area contributed by atoms with Crippen LogP contribution in [0.1, 0.15) is 5.56 Å². The molecule has 0 bridgehead atoms. The molecule has 2 nitrogen and oxygen atoms in total. The van der Waals surface area contributed by atoms with E-state index in [4.69, 9.17) is 5.26 Å². The van der Waals surface area contributed by atoms with Crippen molar-refractivity contribution in [2.75, 3.05) is 0 Å². The van der Waals surface area contributed by atoms with E-state index in [0.29, 0.717) is 4.47 Å². The zero-order valence-corrected chi connectivity index (χ0v) is 8.19.